The molecular weight excluding hydrogens is 276 g/mol. The van der Waals surface area contributed by atoms with Gasteiger partial charge >= 0.3 is 0 Å². The number of carbonyl (C=O) groups is 1. The number of hydrogen-bond acceptors (Lipinski definition) is 6. The Hall–Kier alpha value is -0.790. The minimum absolute atomic E-state index is 0.339. The lowest BCUT2D eigenvalue weighted by molar-refractivity contribution is -0.244. The second kappa shape index (κ2) is 3.75. The number of epoxide rings is 1. The summed E-state index contributed by atoms with van der Waals surface area (Å²) in [5.41, 5.74) is -2.16. The summed E-state index contributed by atoms with van der Waals surface area (Å²) in [6, 6.07) is 0. The van der Waals surface area contributed by atoms with Crippen LogP contribution in [0.2, 0.25) is 0 Å². The Morgan fingerprint density at radius 1 is 1.43 bits per heavy atom. The predicted molar refractivity (Wildman–Crippen MR) is 70.4 cm³/mol. The van der Waals surface area contributed by atoms with Crippen LogP contribution in [0.3, 0.4) is 0 Å². The maximum Gasteiger partial charge on any atom is 0.187 e. The second-order valence-electron chi connectivity index (χ2n) is 7.07. The highest BCUT2D eigenvalue weighted by molar-refractivity contribution is 6.00. The Morgan fingerprint density at radius 3 is 2.67 bits per heavy atom. The molecule has 2 bridgehead atoms. The molecule has 1 saturated carbocycles. The van der Waals surface area contributed by atoms with Crippen molar-refractivity contribution in [2.45, 2.75) is 50.3 Å². The first kappa shape index (κ1) is 13.8. The van der Waals surface area contributed by atoms with Crippen molar-refractivity contribution >= 4 is 5.78 Å². The van der Waals surface area contributed by atoms with Crippen molar-refractivity contribution in [2.75, 3.05) is 13.2 Å². The van der Waals surface area contributed by atoms with Crippen molar-refractivity contribution < 1.29 is 29.6 Å². The molecule has 4 aliphatic rings. The fraction of sp³-hybridized carbons (Fsp3) is 0.800. The molecule has 21 heavy (non-hydrogen) atoms. The van der Waals surface area contributed by atoms with E-state index in [1.54, 1.807) is 13.0 Å². The van der Waals surface area contributed by atoms with E-state index in [-0.39, 0.29) is 5.78 Å². The molecule has 2 saturated heterocycles. The molecule has 116 valence electrons. The van der Waals surface area contributed by atoms with Crippen LogP contribution in [0, 0.1) is 10.8 Å². The maximum absolute atomic E-state index is 12.3. The van der Waals surface area contributed by atoms with Gasteiger partial charge in [0.2, 0.25) is 0 Å². The molecule has 0 aromatic carbocycles. The number of ketones is 1. The molecule has 0 aromatic rings. The van der Waals surface area contributed by atoms with Gasteiger partial charge in [-0.3, -0.25) is 4.79 Å². The van der Waals surface area contributed by atoms with E-state index < -0.39 is 47.5 Å². The summed E-state index contributed by atoms with van der Waals surface area (Å²) in [5.74, 6) is -0.388. The summed E-state index contributed by atoms with van der Waals surface area (Å²) >= 11 is 0. The quantitative estimate of drug-likeness (QED) is 0.546. The van der Waals surface area contributed by atoms with Gasteiger partial charge in [0.15, 0.2) is 5.78 Å². The topological polar surface area (TPSA) is 99.5 Å². The summed E-state index contributed by atoms with van der Waals surface area (Å²) in [6.45, 7) is 3.55. The molecule has 6 heteroatoms. The van der Waals surface area contributed by atoms with Crippen molar-refractivity contribution in [1.82, 2.24) is 0 Å². The summed E-state index contributed by atoms with van der Waals surface area (Å²) in [7, 11) is 0. The Bertz CT molecular complexity index is 552. The molecule has 0 aromatic heterocycles. The van der Waals surface area contributed by atoms with E-state index in [4.69, 9.17) is 9.47 Å². The lowest BCUT2D eigenvalue weighted by Crippen LogP contribution is -2.70. The number of carbonyl (C=O) groups excluding carboxylic acids is 1. The first-order valence-electron chi connectivity index (χ1n) is 7.33. The standard InChI is InChI=1S/C15H20O6/c1-7-3-9-14(5-16,11(19)10(7)18)13(2)4-8(17)12(21-9)15(13)6-20-15/h3,8-9,11-12,16-17,19H,4-6H2,1-2H3/t8-,9+,11+,12+,13+,14+,15-/m0/s1. The van der Waals surface area contributed by atoms with Crippen LogP contribution < -0.4 is 0 Å². The zero-order valence-electron chi connectivity index (χ0n) is 12.1. The third kappa shape index (κ3) is 1.22. The summed E-state index contributed by atoms with van der Waals surface area (Å²) in [6.07, 6.45) is -1.14. The Morgan fingerprint density at radius 2 is 2.10 bits per heavy atom. The largest absolute Gasteiger partial charge is 0.396 e. The van der Waals surface area contributed by atoms with Crippen LogP contribution in [-0.2, 0) is 14.3 Å². The number of aliphatic hydroxyl groups excluding tert-OH is 3. The minimum atomic E-state index is -1.35. The minimum Gasteiger partial charge on any atom is -0.396 e. The molecule has 2 heterocycles. The van der Waals surface area contributed by atoms with E-state index >= 15 is 0 Å². The van der Waals surface area contributed by atoms with E-state index in [2.05, 4.69) is 0 Å². The highest BCUT2D eigenvalue weighted by atomic mass is 16.6. The van der Waals surface area contributed by atoms with Gasteiger partial charge in [0.25, 0.3) is 0 Å². The van der Waals surface area contributed by atoms with Gasteiger partial charge in [0.05, 0.1) is 30.8 Å². The Kier molecular flexibility index (Phi) is 2.47. The fourth-order valence-corrected chi connectivity index (χ4v) is 5.02. The zero-order chi connectivity index (χ0) is 15.2. The van der Waals surface area contributed by atoms with Crippen LogP contribution in [0.25, 0.3) is 0 Å². The van der Waals surface area contributed by atoms with Crippen LogP contribution in [-0.4, -0.2) is 64.3 Å². The van der Waals surface area contributed by atoms with Gasteiger partial charge in [-0.2, -0.15) is 0 Å². The van der Waals surface area contributed by atoms with Gasteiger partial charge in [-0.15, -0.1) is 0 Å². The van der Waals surface area contributed by atoms with Gasteiger partial charge in [-0.1, -0.05) is 6.92 Å². The molecule has 2 aliphatic carbocycles. The van der Waals surface area contributed by atoms with Crippen LogP contribution in [0.1, 0.15) is 20.3 Å². The summed E-state index contributed by atoms with van der Waals surface area (Å²) in [5, 5.41) is 31.1. The molecule has 7 atom stereocenters. The van der Waals surface area contributed by atoms with Gasteiger partial charge in [-0.05, 0) is 25.0 Å². The lowest BCUT2D eigenvalue weighted by Gasteiger charge is -2.58. The van der Waals surface area contributed by atoms with Crippen molar-refractivity contribution in [3.8, 4) is 0 Å². The lowest BCUT2D eigenvalue weighted by atomic mass is 9.50. The fourth-order valence-electron chi connectivity index (χ4n) is 5.02. The number of Topliss-reactive ketones (excluding diaryl/α,β-unsaturated/α-hetero) is 1. The predicted octanol–water partition coefficient (Wildman–Crippen LogP) is -0.838. The summed E-state index contributed by atoms with van der Waals surface area (Å²) < 4.78 is 11.6. The van der Waals surface area contributed by atoms with Gasteiger partial charge < -0.3 is 24.8 Å². The molecule has 1 spiro atoms. The normalized spacial score (nSPS) is 58.1. The van der Waals surface area contributed by atoms with Crippen LogP contribution in [0.15, 0.2) is 11.6 Å². The van der Waals surface area contributed by atoms with Crippen molar-refractivity contribution in [1.29, 1.82) is 0 Å². The monoisotopic (exact) mass is 296 g/mol. The molecule has 3 fully saturated rings. The molecule has 0 amide bonds. The number of aliphatic hydroxyl groups is 3. The molecule has 4 rings (SSSR count). The SMILES string of the molecule is CC1=C[C@H]2O[C@@H]3[C@@H](O)C[C@](C)([C@@]2(CO)[C@H](O)C1=O)[C@]31CO1. The van der Waals surface area contributed by atoms with Crippen LogP contribution in [0.5, 0.6) is 0 Å². The highest BCUT2D eigenvalue weighted by Gasteiger charge is 2.83. The first-order chi connectivity index (χ1) is 9.84. The van der Waals surface area contributed by atoms with Crippen molar-refractivity contribution in [3.63, 3.8) is 0 Å². The highest BCUT2D eigenvalue weighted by Crippen LogP contribution is 2.70. The van der Waals surface area contributed by atoms with Gasteiger partial charge in [0.1, 0.15) is 17.8 Å². The van der Waals surface area contributed by atoms with E-state index in [9.17, 15) is 20.1 Å². The van der Waals surface area contributed by atoms with Crippen molar-refractivity contribution in [2.24, 2.45) is 10.8 Å². The number of rotatable bonds is 1. The third-order valence-electron chi connectivity index (χ3n) is 6.43. The Balaban J connectivity index is 1.95. The Labute approximate surface area is 122 Å². The zero-order valence-corrected chi connectivity index (χ0v) is 12.1. The van der Waals surface area contributed by atoms with E-state index in [1.165, 1.54) is 0 Å². The number of hydrogen-bond donors (Lipinski definition) is 3. The van der Waals surface area contributed by atoms with E-state index in [0.29, 0.717) is 18.6 Å². The first-order valence-corrected chi connectivity index (χ1v) is 7.33. The van der Waals surface area contributed by atoms with Crippen LogP contribution in [0.4, 0.5) is 0 Å². The molecule has 0 unspecified atom stereocenters. The number of fused-ring (bicyclic) bond motifs is 2. The number of ether oxygens (including phenoxy) is 2. The van der Waals surface area contributed by atoms with E-state index in [1.807, 2.05) is 6.92 Å². The maximum atomic E-state index is 12.3. The second-order valence-corrected chi connectivity index (χ2v) is 7.07. The van der Waals surface area contributed by atoms with Crippen molar-refractivity contribution in [3.05, 3.63) is 11.6 Å². The molecule has 0 radical (unpaired) electrons. The molecule has 3 N–H and O–H groups in total. The average molecular weight is 296 g/mol. The van der Waals surface area contributed by atoms with Gasteiger partial charge in [0, 0.05) is 5.41 Å². The third-order valence-corrected chi connectivity index (χ3v) is 6.43. The van der Waals surface area contributed by atoms with Crippen LogP contribution >= 0.6 is 0 Å². The molecular formula is C15H20O6. The molecule has 2 aliphatic heterocycles. The smallest absolute Gasteiger partial charge is 0.187 e. The van der Waals surface area contributed by atoms with Gasteiger partial charge in [-0.25, -0.2) is 0 Å². The summed E-state index contributed by atoms with van der Waals surface area (Å²) in [4.78, 5) is 12.3. The molecule has 6 nitrogen and oxygen atoms in total. The van der Waals surface area contributed by atoms with E-state index in [0.717, 1.165) is 0 Å². The average Bonchev–Trinajstić information content (AvgIpc) is 3.20.